The zero-order valence-electron chi connectivity index (χ0n) is 14.4. The molecule has 2 atom stereocenters. The van der Waals surface area contributed by atoms with Gasteiger partial charge in [0.15, 0.2) is 0 Å². The van der Waals surface area contributed by atoms with Crippen LogP contribution in [0.4, 0.5) is 0 Å². The Labute approximate surface area is 162 Å². The summed E-state index contributed by atoms with van der Waals surface area (Å²) in [6.45, 7) is -0.354. The Morgan fingerprint density at radius 3 is 2.43 bits per heavy atom. The molecule has 3 aromatic rings. The molecule has 10 nitrogen and oxygen atoms in total. The predicted molar refractivity (Wildman–Crippen MR) is 97.8 cm³/mol. The number of nitrogens with one attached hydrogen (secondary N) is 1. The topological polar surface area (TPSA) is 161 Å². The summed E-state index contributed by atoms with van der Waals surface area (Å²) in [7, 11) is 17.0. The molecule has 0 spiro atoms. The Balaban J connectivity index is 1.70. The molecule has 6 radical (unpaired) electrons. The average Bonchev–Trinajstić information content (AvgIpc) is 3.28. The fraction of sp³-hybridized carbons (Fsp3) is 0.400. The molecule has 0 aromatic carbocycles. The van der Waals surface area contributed by atoms with E-state index in [4.69, 9.17) is 23.5 Å². The molecule has 1 aliphatic carbocycles. The number of aromatic nitrogens is 5. The van der Waals surface area contributed by atoms with Crippen molar-refractivity contribution in [2.45, 2.75) is 28.8 Å². The quantitative estimate of drug-likeness (QED) is 0.210. The van der Waals surface area contributed by atoms with Crippen molar-refractivity contribution in [3.8, 4) is 11.3 Å². The van der Waals surface area contributed by atoms with Crippen molar-refractivity contribution >= 4 is 34.6 Å². The van der Waals surface area contributed by atoms with E-state index in [1.54, 1.807) is 12.3 Å². The minimum absolute atomic E-state index is 0.354. The van der Waals surface area contributed by atoms with Gasteiger partial charge in [-0.2, -0.15) is 5.10 Å². The number of hydrogen-bond donors (Lipinski definition) is 6. The van der Waals surface area contributed by atoms with Gasteiger partial charge in [0, 0.05) is 29.9 Å². The van der Waals surface area contributed by atoms with Crippen molar-refractivity contribution in [2.24, 2.45) is 5.92 Å². The molecule has 28 heavy (non-hydrogen) atoms. The highest BCUT2D eigenvalue weighted by Crippen LogP contribution is 2.59. The number of hydrogen-bond acceptors (Lipinski definition) is 8. The number of nitrogens with zero attached hydrogens (tertiary/aromatic N) is 4. The van der Waals surface area contributed by atoms with Crippen LogP contribution in [0.2, 0.25) is 5.21 Å². The number of H-pyrrole nitrogens is 1. The predicted octanol–water partition coefficient (Wildman–Crippen LogP) is -2.88. The zero-order valence-corrected chi connectivity index (χ0v) is 14.4. The fourth-order valence-electron chi connectivity index (χ4n) is 3.60. The third kappa shape index (κ3) is 2.28. The van der Waals surface area contributed by atoms with Crippen LogP contribution in [0.3, 0.4) is 0 Å². The van der Waals surface area contributed by atoms with Gasteiger partial charge in [0.1, 0.15) is 19.8 Å². The van der Waals surface area contributed by atoms with Crippen LogP contribution < -0.4 is 0 Å². The van der Waals surface area contributed by atoms with Crippen LogP contribution in [0, 0.1) is 5.92 Å². The van der Waals surface area contributed by atoms with Gasteiger partial charge in [-0.25, -0.2) is 9.97 Å². The third-order valence-corrected chi connectivity index (χ3v) is 5.39. The summed E-state index contributed by atoms with van der Waals surface area (Å²) in [5.74, 6) is -8.68. The molecule has 1 aliphatic rings. The van der Waals surface area contributed by atoms with Crippen molar-refractivity contribution in [2.75, 3.05) is 0 Å². The largest absolute Gasteiger partial charge is 0.394 e. The molecule has 0 bridgehead atoms. The first kappa shape index (κ1) is 19.2. The minimum Gasteiger partial charge on any atom is -0.394 e. The van der Waals surface area contributed by atoms with Gasteiger partial charge in [0.2, 0.25) is 11.6 Å². The van der Waals surface area contributed by atoms with Crippen LogP contribution in [0.5, 0.6) is 0 Å². The lowest BCUT2D eigenvalue weighted by Gasteiger charge is -2.40. The number of rotatable bonds is 3. The molecule has 0 aliphatic heterocycles. The normalized spacial score (nSPS) is 28.0. The molecular formula is C15H14B3N5O5. The monoisotopic (exact) mass is 377 g/mol. The molecule has 1 saturated carbocycles. The molecule has 1 fully saturated rings. The molecule has 4 rings (SSSR count). The zero-order chi connectivity index (χ0) is 20.5. The second kappa shape index (κ2) is 5.68. The maximum Gasteiger partial charge on any atom is 0.238 e. The van der Waals surface area contributed by atoms with Crippen molar-refractivity contribution in [1.82, 2.24) is 24.7 Å². The molecule has 3 aromatic heterocycles. The van der Waals surface area contributed by atoms with Crippen molar-refractivity contribution in [3.05, 3.63) is 31.0 Å². The summed E-state index contributed by atoms with van der Waals surface area (Å²) in [6, 6.07) is 1.79. The van der Waals surface area contributed by atoms with Crippen LogP contribution in [0.25, 0.3) is 22.3 Å². The van der Waals surface area contributed by atoms with E-state index >= 15 is 0 Å². The maximum absolute atomic E-state index is 10.4. The molecule has 138 valence electrons. The van der Waals surface area contributed by atoms with E-state index in [2.05, 4.69) is 20.1 Å². The Kier molecular flexibility index (Phi) is 3.88. The van der Waals surface area contributed by atoms with Gasteiger partial charge in [0.25, 0.3) is 0 Å². The van der Waals surface area contributed by atoms with Crippen molar-refractivity contribution in [3.63, 3.8) is 0 Å². The van der Waals surface area contributed by atoms with E-state index in [0.29, 0.717) is 16.9 Å². The number of fused-ring (bicyclic) bond motifs is 1. The van der Waals surface area contributed by atoms with E-state index in [-0.39, 0.29) is 6.54 Å². The lowest BCUT2D eigenvalue weighted by atomic mass is 9.45. The van der Waals surface area contributed by atoms with Crippen molar-refractivity contribution in [1.29, 1.82) is 0 Å². The third-order valence-electron chi connectivity index (χ3n) is 5.39. The Hall–Kier alpha value is -2.18. The molecule has 0 saturated heterocycles. The lowest BCUT2D eigenvalue weighted by molar-refractivity contribution is -0.370. The van der Waals surface area contributed by atoms with Gasteiger partial charge in [-0.05, 0) is 17.2 Å². The second-order valence-electron chi connectivity index (χ2n) is 7.07. The summed E-state index contributed by atoms with van der Waals surface area (Å²) in [4.78, 5) is 11.3. The van der Waals surface area contributed by atoms with Gasteiger partial charge in [-0.1, -0.05) is 0 Å². The van der Waals surface area contributed by atoms with Crippen LogP contribution in [-0.2, 0) is 6.54 Å². The molecule has 13 heteroatoms. The van der Waals surface area contributed by atoms with E-state index in [1.165, 1.54) is 23.4 Å². The first-order valence-electron chi connectivity index (χ1n) is 8.20. The molecule has 6 N–H and O–H groups in total. The Bertz CT molecular complexity index is 1020. The second-order valence-corrected chi connectivity index (χ2v) is 7.07. The fourth-order valence-corrected chi connectivity index (χ4v) is 3.60. The number of aliphatic hydroxyl groups is 5. The highest BCUT2D eigenvalue weighted by atomic mass is 16.6. The highest BCUT2D eigenvalue weighted by Gasteiger charge is 2.76. The maximum atomic E-state index is 10.4. The SMILES string of the molecule is [B]C1([B])C(Cn2cc(-c3ncnc4[nH]ccc34)cn2)C([B])(O)C(O)(O)C1(O)O. The van der Waals surface area contributed by atoms with Crippen LogP contribution in [0.1, 0.15) is 0 Å². The van der Waals surface area contributed by atoms with E-state index in [1.807, 2.05) is 0 Å². The summed E-state index contributed by atoms with van der Waals surface area (Å²) in [6.07, 6.45) is 6.10. The molecule has 3 heterocycles. The molecule has 0 amide bonds. The van der Waals surface area contributed by atoms with Gasteiger partial charge in [-0.15, -0.1) is 0 Å². The Morgan fingerprint density at radius 1 is 1.07 bits per heavy atom. The van der Waals surface area contributed by atoms with Gasteiger partial charge >= 0.3 is 0 Å². The van der Waals surface area contributed by atoms with Gasteiger partial charge in [0.05, 0.1) is 33.1 Å². The van der Waals surface area contributed by atoms with Crippen LogP contribution in [-0.4, -0.2) is 90.9 Å². The minimum atomic E-state index is -3.59. The smallest absolute Gasteiger partial charge is 0.238 e. The average molecular weight is 377 g/mol. The number of aromatic amines is 1. The first-order chi connectivity index (χ1) is 12.9. The van der Waals surface area contributed by atoms with Crippen molar-refractivity contribution < 1.29 is 25.5 Å². The lowest BCUT2D eigenvalue weighted by Crippen LogP contribution is -2.64. The summed E-state index contributed by atoms with van der Waals surface area (Å²) in [5.41, 5.74) is -1.15. The molecule has 2 unspecified atom stereocenters. The van der Waals surface area contributed by atoms with E-state index in [0.717, 1.165) is 5.39 Å². The van der Waals surface area contributed by atoms with Gasteiger partial charge in [-0.3, -0.25) is 4.68 Å². The van der Waals surface area contributed by atoms with Crippen LogP contribution >= 0.6 is 0 Å². The highest BCUT2D eigenvalue weighted by molar-refractivity contribution is 6.42. The summed E-state index contributed by atoms with van der Waals surface area (Å²) in [5, 5.41) is 52.7. The van der Waals surface area contributed by atoms with E-state index in [9.17, 15) is 25.5 Å². The Morgan fingerprint density at radius 2 is 1.79 bits per heavy atom. The summed E-state index contributed by atoms with van der Waals surface area (Å²) >= 11 is 0. The first-order valence-corrected chi connectivity index (χ1v) is 8.20. The summed E-state index contributed by atoms with van der Waals surface area (Å²) < 4.78 is 1.27. The standard InChI is InChI=1S/C15H14B3N5O5/c16-12(17)9(13(18,24)15(27,28)14(12,25)26)5-23-4-7(3-22-23)10-8-1-2-19-11(8)21-6-20-10/h1-4,6,9,24-28H,5H2,(H,19,20,21). The van der Waals surface area contributed by atoms with Gasteiger partial charge < -0.3 is 30.5 Å². The van der Waals surface area contributed by atoms with E-state index < -0.39 is 28.2 Å². The molecular weight excluding hydrogens is 363 g/mol. The van der Waals surface area contributed by atoms with Crippen LogP contribution in [0.15, 0.2) is 31.0 Å².